The maximum absolute atomic E-state index is 12.1. The molecule has 0 rings (SSSR count). The van der Waals surface area contributed by atoms with Crippen molar-refractivity contribution in [1.82, 2.24) is 10.6 Å². The Morgan fingerprint density at radius 2 is 1.70 bits per heavy atom. The standard InChI is InChI=1S/C14H28N6O6S/c1-27(26)6-4-8(15)11(22)20-10(7-21)12(23)19-9(13(24)25)3-2-5-18-14(16)17/h8-10,21H,2-7,15H2,1H3,(H,19,23)(H,20,22)(H,24,25)(H4,16,17,18). The monoisotopic (exact) mass is 408 g/mol. The first kappa shape index (κ1) is 24.8. The second-order valence-electron chi connectivity index (χ2n) is 5.76. The van der Waals surface area contributed by atoms with Crippen molar-refractivity contribution < 1.29 is 28.8 Å². The lowest BCUT2D eigenvalue weighted by Crippen LogP contribution is -2.56. The second-order valence-corrected chi connectivity index (χ2v) is 7.32. The molecule has 0 aliphatic carbocycles. The Kier molecular flexibility index (Phi) is 11.9. The fourth-order valence-electron chi connectivity index (χ4n) is 1.93. The number of nitrogens with zero attached hydrogens (tertiary/aromatic N) is 1. The number of aliphatic hydroxyl groups excluding tert-OH is 1. The van der Waals surface area contributed by atoms with Crippen LogP contribution in [0.15, 0.2) is 4.99 Å². The topological polar surface area (TPSA) is 223 Å². The highest BCUT2D eigenvalue weighted by atomic mass is 32.2. The van der Waals surface area contributed by atoms with Crippen LogP contribution in [0, 0.1) is 0 Å². The van der Waals surface area contributed by atoms with Gasteiger partial charge in [0.25, 0.3) is 0 Å². The van der Waals surface area contributed by atoms with Gasteiger partial charge >= 0.3 is 5.97 Å². The van der Waals surface area contributed by atoms with Gasteiger partial charge in [-0.2, -0.15) is 0 Å². The quantitative estimate of drug-likeness (QED) is 0.0899. The molecule has 0 fully saturated rings. The Morgan fingerprint density at radius 3 is 2.19 bits per heavy atom. The summed E-state index contributed by atoms with van der Waals surface area (Å²) in [7, 11) is -1.13. The molecule has 10 N–H and O–H groups in total. The molecule has 12 nitrogen and oxygen atoms in total. The van der Waals surface area contributed by atoms with Crippen LogP contribution in [-0.4, -0.2) is 81.5 Å². The number of rotatable bonds is 13. The Bertz CT molecular complexity index is 568. The molecule has 0 aromatic carbocycles. The molecular weight excluding hydrogens is 380 g/mol. The molecule has 0 aliphatic heterocycles. The van der Waals surface area contributed by atoms with Crippen molar-refractivity contribution in [3.63, 3.8) is 0 Å². The lowest BCUT2D eigenvalue weighted by Gasteiger charge is -2.21. The summed E-state index contributed by atoms with van der Waals surface area (Å²) in [6.45, 7) is -0.555. The molecule has 4 unspecified atom stereocenters. The maximum atomic E-state index is 12.1. The van der Waals surface area contributed by atoms with Gasteiger partial charge in [-0.3, -0.25) is 18.8 Å². The van der Waals surface area contributed by atoms with Gasteiger partial charge in [-0.1, -0.05) is 0 Å². The van der Waals surface area contributed by atoms with Crippen LogP contribution in [0.2, 0.25) is 0 Å². The van der Waals surface area contributed by atoms with Gasteiger partial charge in [0.15, 0.2) is 5.96 Å². The number of nitrogens with one attached hydrogen (secondary N) is 2. The molecule has 0 saturated heterocycles. The molecule has 0 radical (unpaired) electrons. The van der Waals surface area contributed by atoms with E-state index in [9.17, 15) is 28.8 Å². The highest BCUT2D eigenvalue weighted by molar-refractivity contribution is 7.84. The number of aliphatic hydroxyl groups is 1. The first-order valence-corrected chi connectivity index (χ1v) is 9.86. The van der Waals surface area contributed by atoms with Gasteiger partial charge in [-0.15, -0.1) is 0 Å². The van der Waals surface area contributed by atoms with Crippen molar-refractivity contribution in [2.24, 2.45) is 22.2 Å². The molecule has 27 heavy (non-hydrogen) atoms. The van der Waals surface area contributed by atoms with E-state index < -0.39 is 53.3 Å². The maximum Gasteiger partial charge on any atom is 0.326 e. The van der Waals surface area contributed by atoms with E-state index in [2.05, 4.69) is 15.6 Å². The van der Waals surface area contributed by atoms with Gasteiger partial charge in [0, 0.05) is 29.4 Å². The summed E-state index contributed by atoms with van der Waals surface area (Å²) in [6, 6.07) is -3.62. The summed E-state index contributed by atoms with van der Waals surface area (Å²) in [5.74, 6) is -2.78. The van der Waals surface area contributed by atoms with E-state index >= 15 is 0 Å². The number of aliphatic imine (C=N–C) groups is 1. The number of carbonyl (C=O) groups is 3. The zero-order valence-corrected chi connectivity index (χ0v) is 15.9. The van der Waals surface area contributed by atoms with Gasteiger partial charge in [0.1, 0.15) is 12.1 Å². The predicted molar refractivity (Wildman–Crippen MR) is 100 cm³/mol. The van der Waals surface area contributed by atoms with Crippen LogP contribution >= 0.6 is 0 Å². The minimum Gasteiger partial charge on any atom is -0.480 e. The molecule has 0 saturated carbocycles. The van der Waals surface area contributed by atoms with Crippen molar-refractivity contribution in [2.75, 3.05) is 25.2 Å². The molecule has 0 bridgehead atoms. The highest BCUT2D eigenvalue weighted by Crippen LogP contribution is 2.00. The van der Waals surface area contributed by atoms with Crippen LogP contribution in [0.3, 0.4) is 0 Å². The predicted octanol–water partition coefficient (Wildman–Crippen LogP) is -3.82. The summed E-state index contributed by atoms with van der Waals surface area (Å²) in [6.07, 6.45) is 1.95. The fraction of sp³-hybridized carbons (Fsp3) is 0.714. The number of guanidine groups is 1. The van der Waals surface area contributed by atoms with Crippen LogP contribution in [0.4, 0.5) is 0 Å². The van der Waals surface area contributed by atoms with Gasteiger partial charge in [-0.25, -0.2) is 4.79 Å². The van der Waals surface area contributed by atoms with Gasteiger partial charge in [0.2, 0.25) is 11.8 Å². The number of carboxylic acids is 1. The van der Waals surface area contributed by atoms with Crippen LogP contribution < -0.4 is 27.8 Å². The van der Waals surface area contributed by atoms with E-state index in [1.54, 1.807) is 0 Å². The molecule has 0 aliphatic rings. The summed E-state index contributed by atoms with van der Waals surface area (Å²) in [4.78, 5) is 39.1. The van der Waals surface area contributed by atoms with Gasteiger partial charge in [-0.05, 0) is 19.3 Å². The zero-order chi connectivity index (χ0) is 21.0. The van der Waals surface area contributed by atoms with E-state index in [-0.39, 0.29) is 31.1 Å². The Hall–Kier alpha value is -2.25. The molecular formula is C14H28N6O6S. The molecule has 4 atom stereocenters. The minimum absolute atomic E-state index is 0.0474. The van der Waals surface area contributed by atoms with Gasteiger partial charge in [0.05, 0.1) is 12.6 Å². The third-order valence-electron chi connectivity index (χ3n) is 3.43. The van der Waals surface area contributed by atoms with E-state index in [0.29, 0.717) is 6.42 Å². The molecule has 0 spiro atoms. The average Bonchev–Trinajstić information content (AvgIpc) is 2.58. The van der Waals surface area contributed by atoms with Crippen molar-refractivity contribution >= 4 is 34.5 Å². The summed E-state index contributed by atoms with van der Waals surface area (Å²) in [5, 5.41) is 23.0. The number of carbonyl (C=O) groups excluding carboxylic acids is 2. The molecule has 0 heterocycles. The van der Waals surface area contributed by atoms with Crippen molar-refractivity contribution in [1.29, 1.82) is 0 Å². The summed E-state index contributed by atoms with van der Waals surface area (Å²) >= 11 is 0. The third-order valence-corrected chi connectivity index (χ3v) is 4.24. The van der Waals surface area contributed by atoms with Crippen LogP contribution in [0.1, 0.15) is 19.3 Å². The number of hydrogen-bond donors (Lipinski definition) is 7. The van der Waals surface area contributed by atoms with E-state index in [0.717, 1.165) is 0 Å². The molecule has 0 aromatic heterocycles. The molecule has 0 aromatic rings. The number of carboxylic acid groups (broad SMARTS) is 1. The first-order valence-electron chi connectivity index (χ1n) is 8.13. The normalized spacial score (nSPS) is 15.1. The summed E-state index contributed by atoms with van der Waals surface area (Å²) in [5.41, 5.74) is 16.0. The van der Waals surface area contributed by atoms with Crippen LogP contribution in [-0.2, 0) is 25.2 Å². The number of aliphatic carboxylic acids is 1. The number of nitrogens with two attached hydrogens (primary N) is 3. The highest BCUT2D eigenvalue weighted by Gasteiger charge is 2.27. The molecule has 156 valence electrons. The third kappa shape index (κ3) is 11.1. The summed E-state index contributed by atoms with van der Waals surface area (Å²) < 4.78 is 11.0. The largest absolute Gasteiger partial charge is 0.480 e. The lowest BCUT2D eigenvalue weighted by atomic mass is 10.1. The number of amides is 2. The molecule has 13 heteroatoms. The van der Waals surface area contributed by atoms with Crippen LogP contribution in [0.5, 0.6) is 0 Å². The minimum atomic E-state index is -1.37. The Labute approximate surface area is 159 Å². The lowest BCUT2D eigenvalue weighted by molar-refractivity contribution is -0.142. The van der Waals surface area contributed by atoms with Crippen LogP contribution in [0.25, 0.3) is 0 Å². The van der Waals surface area contributed by atoms with Crippen molar-refractivity contribution in [3.8, 4) is 0 Å². The Balaban J connectivity index is 4.68. The fourth-order valence-corrected chi connectivity index (χ4v) is 2.52. The van der Waals surface area contributed by atoms with E-state index in [1.807, 2.05) is 0 Å². The number of hydrogen-bond acceptors (Lipinski definition) is 7. The molecule has 2 amide bonds. The first-order chi connectivity index (χ1) is 12.6. The van der Waals surface area contributed by atoms with Gasteiger partial charge < -0.3 is 38.0 Å². The van der Waals surface area contributed by atoms with E-state index in [4.69, 9.17) is 17.2 Å². The van der Waals surface area contributed by atoms with E-state index in [1.165, 1.54) is 6.26 Å². The van der Waals surface area contributed by atoms with Crippen molar-refractivity contribution in [3.05, 3.63) is 0 Å². The second kappa shape index (κ2) is 13.0. The average molecular weight is 408 g/mol. The smallest absolute Gasteiger partial charge is 0.326 e. The SMILES string of the molecule is CS(=O)CCC(N)C(=O)NC(CO)C(=O)NC(CCCN=C(N)N)C(=O)O. The zero-order valence-electron chi connectivity index (χ0n) is 15.1. The van der Waals surface area contributed by atoms with Crippen molar-refractivity contribution in [2.45, 2.75) is 37.4 Å². The Morgan fingerprint density at radius 1 is 1.11 bits per heavy atom.